The van der Waals surface area contributed by atoms with Gasteiger partial charge < -0.3 is 15.0 Å². The molecule has 0 bridgehead atoms. The smallest absolute Gasteiger partial charge is 0.285 e. The summed E-state index contributed by atoms with van der Waals surface area (Å²) in [5.41, 5.74) is 0.981. The lowest BCUT2D eigenvalue weighted by atomic mass is 10.2. The summed E-state index contributed by atoms with van der Waals surface area (Å²) in [6.07, 6.45) is 1.16. The van der Waals surface area contributed by atoms with Gasteiger partial charge in [-0.15, -0.1) is 4.40 Å². The number of rotatable bonds is 5. The maximum Gasteiger partial charge on any atom is 0.285 e. The molecule has 0 fully saturated rings. The number of nitrogens with zero attached hydrogens (tertiary/aromatic N) is 2. The molecule has 1 N–H and O–H groups in total. The molecule has 7 nitrogen and oxygen atoms in total. The Morgan fingerprint density at radius 3 is 2.68 bits per heavy atom. The van der Waals surface area contributed by atoms with E-state index in [9.17, 15) is 13.2 Å². The number of ether oxygens (including phenoxy) is 1. The molecule has 1 amide bonds. The second-order valence-corrected chi connectivity index (χ2v) is 6.87. The van der Waals surface area contributed by atoms with Crippen LogP contribution in [0.2, 0.25) is 0 Å². The van der Waals surface area contributed by atoms with E-state index in [-0.39, 0.29) is 17.3 Å². The largest absolute Gasteiger partial charge is 0.492 e. The molecule has 0 spiro atoms. The van der Waals surface area contributed by atoms with E-state index in [0.29, 0.717) is 23.7 Å². The van der Waals surface area contributed by atoms with Crippen LogP contribution >= 0.6 is 0 Å². The first kappa shape index (κ1) is 17.0. The highest BCUT2D eigenvalue weighted by Gasteiger charge is 2.26. The predicted octanol–water partition coefficient (Wildman–Crippen LogP) is 2.26. The summed E-state index contributed by atoms with van der Waals surface area (Å²) < 4.78 is 33.0. The van der Waals surface area contributed by atoms with Crippen LogP contribution in [0.25, 0.3) is 0 Å². The molecule has 1 heterocycles. The van der Waals surface area contributed by atoms with Crippen LogP contribution in [0.4, 0.5) is 11.4 Å². The summed E-state index contributed by atoms with van der Waals surface area (Å²) >= 11 is 0. The van der Waals surface area contributed by atoms with E-state index < -0.39 is 10.0 Å². The monoisotopic (exact) mass is 359 g/mol. The van der Waals surface area contributed by atoms with E-state index in [1.807, 2.05) is 13.0 Å². The normalized spacial score (nSPS) is 14.7. The van der Waals surface area contributed by atoms with Crippen molar-refractivity contribution >= 4 is 33.6 Å². The van der Waals surface area contributed by atoms with Crippen molar-refractivity contribution in [1.82, 2.24) is 0 Å². The number of para-hydroxylation sites is 3. The van der Waals surface area contributed by atoms with E-state index in [1.165, 1.54) is 11.0 Å². The quantitative estimate of drug-likeness (QED) is 0.885. The number of anilines is 2. The van der Waals surface area contributed by atoms with Crippen LogP contribution < -0.4 is 15.0 Å². The molecule has 0 atom stereocenters. The van der Waals surface area contributed by atoms with Crippen molar-refractivity contribution < 1.29 is 17.9 Å². The number of fused-ring (bicyclic) bond motifs is 1. The molecule has 0 saturated heterocycles. The second kappa shape index (κ2) is 6.94. The maximum atomic E-state index is 12.4. The van der Waals surface area contributed by atoms with Crippen LogP contribution in [0.3, 0.4) is 0 Å². The molecule has 0 aliphatic carbocycles. The first-order chi connectivity index (χ1) is 12.0. The number of carbonyl (C=O) groups excluding carboxylic acids is 1. The van der Waals surface area contributed by atoms with Gasteiger partial charge in [0.05, 0.1) is 18.0 Å². The number of nitrogens with one attached hydrogen (secondary N) is 1. The summed E-state index contributed by atoms with van der Waals surface area (Å²) in [6, 6.07) is 13.6. The molecular weight excluding hydrogens is 342 g/mol. The van der Waals surface area contributed by atoms with Gasteiger partial charge in [-0.3, -0.25) is 4.79 Å². The van der Waals surface area contributed by atoms with Gasteiger partial charge in [-0.25, -0.2) is 0 Å². The van der Waals surface area contributed by atoms with Gasteiger partial charge in [-0.1, -0.05) is 24.3 Å². The van der Waals surface area contributed by atoms with Crippen LogP contribution in [0, 0.1) is 0 Å². The minimum absolute atomic E-state index is 0.0729. The topological polar surface area (TPSA) is 88.1 Å². The Morgan fingerprint density at radius 2 is 1.88 bits per heavy atom. The van der Waals surface area contributed by atoms with E-state index in [1.54, 1.807) is 36.4 Å². The minimum Gasteiger partial charge on any atom is -0.492 e. The molecule has 2 aromatic carbocycles. The Labute approximate surface area is 146 Å². The average molecular weight is 359 g/mol. The van der Waals surface area contributed by atoms with Crippen molar-refractivity contribution in [3.63, 3.8) is 0 Å². The van der Waals surface area contributed by atoms with E-state index in [2.05, 4.69) is 9.71 Å². The van der Waals surface area contributed by atoms with Crippen LogP contribution in [-0.2, 0) is 14.8 Å². The number of hydrogen-bond donors (Lipinski definition) is 1. The standard InChI is InChI=1S/C17H17N3O4S/c1-2-24-15-9-5-3-7-13(15)19-17(21)11-20-12-18-25(22,23)16-10-6-4-8-14(16)20/h3-10,12H,2,11H2,1H3,(H,19,21). The van der Waals surface area contributed by atoms with Crippen LogP contribution in [0.5, 0.6) is 5.75 Å². The average Bonchev–Trinajstić information content (AvgIpc) is 2.60. The maximum absolute atomic E-state index is 12.4. The third kappa shape index (κ3) is 3.63. The lowest BCUT2D eigenvalue weighted by Gasteiger charge is -2.24. The zero-order valence-electron chi connectivity index (χ0n) is 13.5. The number of benzene rings is 2. The molecule has 0 unspecified atom stereocenters. The van der Waals surface area contributed by atoms with Crippen LogP contribution in [0.1, 0.15) is 6.92 Å². The van der Waals surface area contributed by atoms with Gasteiger partial charge >= 0.3 is 0 Å². The summed E-state index contributed by atoms with van der Waals surface area (Å²) in [6.45, 7) is 2.27. The number of carbonyl (C=O) groups is 1. The molecule has 2 aromatic rings. The van der Waals surface area contributed by atoms with Gasteiger partial charge in [0.25, 0.3) is 10.0 Å². The van der Waals surface area contributed by atoms with E-state index >= 15 is 0 Å². The number of sulfonamides is 1. The fourth-order valence-electron chi connectivity index (χ4n) is 2.47. The Kier molecular flexibility index (Phi) is 4.71. The van der Waals surface area contributed by atoms with Gasteiger partial charge in [0.1, 0.15) is 23.5 Å². The van der Waals surface area contributed by atoms with Gasteiger partial charge in [0.2, 0.25) is 5.91 Å². The lowest BCUT2D eigenvalue weighted by Crippen LogP contribution is -2.35. The number of hydrogen-bond acceptors (Lipinski definition) is 5. The molecule has 0 saturated carbocycles. The zero-order chi connectivity index (χ0) is 17.9. The fraction of sp³-hybridized carbons (Fsp3) is 0.176. The van der Waals surface area contributed by atoms with Crippen molar-refractivity contribution in [2.24, 2.45) is 4.40 Å². The Bertz CT molecular complexity index is 925. The Hall–Kier alpha value is -2.87. The van der Waals surface area contributed by atoms with Crippen molar-refractivity contribution in [2.45, 2.75) is 11.8 Å². The molecule has 3 rings (SSSR count). The lowest BCUT2D eigenvalue weighted by molar-refractivity contribution is -0.114. The van der Waals surface area contributed by atoms with Gasteiger partial charge in [-0.05, 0) is 31.2 Å². The molecule has 1 aliphatic heterocycles. The van der Waals surface area contributed by atoms with Crippen LogP contribution in [-0.4, -0.2) is 33.8 Å². The molecule has 0 aromatic heterocycles. The predicted molar refractivity (Wildman–Crippen MR) is 95.7 cm³/mol. The van der Waals surface area contributed by atoms with Crippen molar-refractivity contribution in [2.75, 3.05) is 23.4 Å². The molecular formula is C17H17N3O4S. The van der Waals surface area contributed by atoms with Crippen LogP contribution in [0.15, 0.2) is 57.8 Å². The highest BCUT2D eigenvalue weighted by Crippen LogP contribution is 2.29. The van der Waals surface area contributed by atoms with Gasteiger partial charge in [0.15, 0.2) is 0 Å². The summed E-state index contributed by atoms with van der Waals surface area (Å²) in [5.74, 6) is 0.265. The molecule has 8 heteroatoms. The molecule has 25 heavy (non-hydrogen) atoms. The Morgan fingerprint density at radius 1 is 1.16 bits per heavy atom. The highest BCUT2D eigenvalue weighted by atomic mass is 32.2. The van der Waals surface area contributed by atoms with Crippen molar-refractivity contribution in [3.05, 3.63) is 48.5 Å². The zero-order valence-corrected chi connectivity index (χ0v) is 14.4. The van der Waals surface area contributed by atoms with Gasteiger partial charge in [0, 0.05) is 0 Å². The van der Waals surface area contributed by atoms with Gasteiger partial charge in [-0.2, -0.15) is 8.42 Å². The van der Waals surface area contributed by atoms with E-state index in [4.69, 9.17) is 4.74 Å². The number of amides is 1. The molecule has 0 radical (unpaired) electrons. The summed E-state index contributed by atoms with van der Waals surface area (Å²) in [5, 5.41) is 2.78. The summed E-state index contributed by atoms with van der Waals surface area (Å²) in [4.78, 5) is 14.0. The highest BCUT2D eigenvalue weighted by molar-refractivity contribution is 7.90. The minimum atomic E-state index is -3.71. The Balaban J connectivity index is 1.79. The molecule has 130 valence electrons. The van der Waals surface area contributed by atoms with E-state index in [0.717, 1.165) is 6.34 Å². The third-order valence-corrected chi connectivity index (χ3v) is 4.83. The first-order valence-electron chi connectivity index (χ1n) is 7.69. The van der Waals surface area contributed by atoms with Crippen molar-refractivity contribution in [3.8, 4) is 5.75 Å². The summed E-state index contributed by atoms with van der Waals surface area (Å²) in [7, 11) is -3.71. The second-order valence-electron chi connectivity index (χ2n) is 5.27. The fourth-order valence-corrected chi connectivity index (χ4v) is 3.52. The third-order valence-electron chi connectivity index (χ3n) is 3.55. The first-order valence-corrected chi connectivity index (χ1v) is 9.13. The molecule has 1 aliphatic rings. The van der Waals surface area contributed by atoms with Crippen molar-refractivity contribution in [1.29, 1.82) is 0 Å². The SMILES string of the molecule is CCOc1ccccc1NC(=O)CN1C=NS(=O)(=O)c2ccccc21.